The van der Waals surface area contributed by atoms with Crippen molar-refractivity contribution in [3.8, 4) is 0 Å². The van der Waals surface area contributed by atoms with Gasteiger partial charge in [0.05, 0.1) is 6.42 Å². The topological polar surface area (TPSA) is 62.2 Å². The maximum atomic E-state index is 13.5. The number of benzene rings is 1. The van der Waals surface area contributed by atoms with Gasteiger partial charge in [-0.15, -0.1) is 11.3 Å². The highest BCUT2D eigenvalue weighted by Crippen LogP contribution is 2.44. The summed E-state index contributed by atoms with van der Waals surface area (Å²) in [6.45, 7) is 1.79. The van der Waals surface area contributed by atoms with Crippen LogP contribution in [0.15, 0.2) is 35.7 Å². The molecule has 1 unspecified atom stereocenters. The van der Waals surface area contributed by atoms with Crippen molar-refractivity contribution in [1.29, 1.82) is 0 Å². The number of aromatic nitrogens is 1. The molecule has 2 N–H and O–H groups in total. The fourth-order valence-electron chi connectivity index (χ4n) is 3.37. The van der Waals surface area contributed by atoms with Gasteiger partial charge in [-0.1, -0.05) is 36.8 Å². The number of amides is 1. The second-order valence-corrected chi connectivity index (χ2v) is 7.96. The summed E-state index contributed by atoms with van der Waals surface area (Å²) < 4.78 is 40.5. The molecule has 0 radical (unpaired) electrons. The van der Waals surface area contributed by atoms with Crippen LogP contribution in [-0.2, 0) is 15.8 Å². The van der Waals surface area contributed by atoms with E-state index in [1.54, 1.807) is 0 Å². The number of hydrogen-bond donors (Lipinski definition) is 2. The van der Waals surface area contributed by atoms with Crippen LogP contribution in [0, 0.1) is 6.92 Å². The first-order chi connectivity index (χ1) is 12.7. The predicted octanol–water partition coefficient (Wildman–Crippen LogP) is 3.83. The van der Waals surface area contributed by atoms with Gasteiger partial charge in [-0.3, -0.25) is 4.79 Å². The first kappa shape index (κ1) is 19.8. The largest absolute Gasteiger partial charge is 0.424 e. The minimum Gasteiger partial charge on any atom is -0.374 e. The minimum absolute atomic E-state index is 0.245. The number of hydrogen-bond acceptors (Lipinski definition) is 4. The SMILES string of the molecule is Cc1csc(C(O)(CC(=O)NCC2(c3ccccc3)CCC2)C(F)(F)F)n1. The Morgan fingerprint density at radius 3 is 2.44 bits per heavy atom. The van der Waals surface area contributed by atoms with Gasteiger partial charge in [0, 0.05) is 23.0 Å². The van der Waals surface area contributed by atoms with Crippen LogP contribution >= 0.6 is 11.3 Å². The lowest BCUT2D eigenvalue weighted by Gasteiger charge is -2.42. The third kappa shape index (κ3) is 3.87. The zero-order valence-corrected chi connectivity index (χ0v) is 15.7. The molecule has 0 spiro atoms. The summed E-state index contributed by atoms with van der Waals surface area (Å²) in [6, 6.07) is 9.65. The van der Waals surface area contributed by atoms with Gasteiger partial charge < -0.3 is 10.4 Å². The summed E-state index contributed by atoms with van der Waals surface area (Å²) in [5.41, 5.74) is -2.09. The molecular formula is C19H21F3N2O2S. The van der Waals surface area contributed by atoms with Gasteiger partial charge in [0.25, 0.3) is 0 Å². The number of carbonyl (C=O) groups is 1. The Labute approximate surface area is 159 Å². The van der Waals surface area contributed by atoms with E-state index in [1.165, 1.54) is 12.3 Å². The van der Waals surface area contributed by atoms with Gasteiger partial charge in [-0.05, 0) is 25.3 Å². The summed E-state index contributed by atoms with van der Waals surface area (Å²) in [5.74, 6) is -0.843. The number of nitrogens with one attached hydrogen (secondary N) is 1. The highest BCUT2D eigenvalue weighted by atomic mass is 32.1. The van der Waals surface area contributed by atoms with Crippen molar-refractivity contribution in [2.24, 2.45) is 0 Å². The van der Waals surface area contributed by atoms with E-state index in [9.17, 15) is 23.1 Å². The first-order valence-electron chi connectivity index (χ1n) is 8.70. The lowest BCUT2D eigenvalue weighted by atomic mass is 9.64. The molecule has 1 saturated carbocycles. The molecular weight excluding hydrogens is 377 g/mol. The van der Waals surface area contributed by atoms with E-state index >= 15 is 0 Å². The smallest absolute Gasteiger partial charge is 0.374 e. The molecule has 0 saturated heterocycles. The molecule has 1 aromatic carbocycles. The highest BCUT2D eigenvalue weighted by Gasteiger charge is 2.58. The van der Waals surface area contributed by atoms with E-state index in [-0.39, 0.29) is 12.0 Å². The van der Waals surface area contributed by atoms with Gasteiger partial charge in [-0.2, -0.15) is 13.2 Å². The van der Waals surface area contributed by atoms with Crippen molar-refractivity contribution in [3.63, 3.8) is 0 Å². The summed E-state index contributed by atoms with van der Waals surface area (Å²) in [4.78, 5) is 16.1. The molecule has 3 rings (SSSR count). The average molecular weight is 398 g/mol. The zero-order valence-electron chi connectivity index (χ0n) is 14.8. The molecule has 1 aromatic heterocycles. The molecule has 1 amide bonds. The van der Waals surface area contributed by atoms with Crippen LogP contribution in [0.2, 0.25) is 0 Å². The fourth-order valence-corrected chi connectivity index (χ4v) is 4.28. The first-order valence-corrected chi connectivity index (χ1v) is 9.58. The zero-order chi connectivity index (χ0) is 19.7. The number of halogens is 3. The fraction of sp³-hybridized carbons (Fsp3) is 0.474. The van der Waals surface area contributed by atoms with E-state index in [4.69, 9.17) is 0 Å². The molecule has 27 heavy (non-hydrogen) atoms. The lowest BCUT2D eigenvalue weighted by Crippen LogP contribution is -2.49. The Hall–Kier alpha value is -1.93. The van der Waals surface area contributed by atoms with Gasteiger partial charge in [-0.25, -0.2) is 4.98 Å². The van der Waals surface area contributed by atoms with Gasteiger partial charge in [0.1, 0.15) is 5.01 Å². The molecule has 146 valence electrons. The normalized spacial score (nSPS) is 18.4. The second-order valence-electron chi connectivity index (χ2n) is 7.11. The third-order valence-electron chi connectivity index (χ3n) is 5.18. The van der Waals surface area contributed by atoms with Crippen molar-refractivity contribution in [2.75, 3.05) is 6.54 Å². The number of nitrogens with zero attached hydrogens (tertiary/aromatic N) is 1. The molecule has 1 atom stereocenters. The maximum absolute atomic E-state index is 13.5. The van der Waals surface area contributed by atoms with E-state index in [1.807, 2.05) is 30.3 Å². The molecule has 0 aliphatic heterocycles. The van der Waals surface area contributed by atoms with Crippen LogP contribution in [0.5, 0.6) is 0 Å². The van der Waals surface area contributed by atoms with Crippen LogP contribution in [0.3, 0.4) is 0 Å². The molecule has 1 aliphatic carbocycles. The number of alkyl halides is 3. The lowest BCUT2D eigenvalue weighted by molar-refractivity contribution is -0.267. The molecule has 0 bridgehead atoms. The number of thiazole rings is 1. The van der Waals surface area contributed by atoms with Crippen molar-refractivity contribution in [1.82, 2.24) is 10.3 Å². The van der Waals surface area contributed by atoms with Crippen LogP contribution < -0.4 is 5.32 Å². The predicted molar refractivity (Wildman–Crippen MR) is 96.4 cm³/mol. The number of aryl methyl sites for hydroxylation is 1. The number of rotatable bonds is 6. The summed E-state index contributed by atoms with van der Waals surface area (Å²) in [7, 11) is 0. The Balaban J connectivity index is 1.72. The van der Waals surface area contributed by atoms with Gasteiger partial charge in [0.15, 0.2) is 0 Å². The second kappa shape index (κ2) is 7.24. The summed E-state index contributed by atoms with van der Waals surface area (Å²) >= 11 is 0.700. The van der Waals surface area contributed by atoms with Crippen LogP contribution in [0.1, 0.15) is 41.9 Å². The quantitative estimate of drug-likeness (QED) is 0.777. The molecule has 8 heteroatoms. The highest BCUT2D eigenvalue weighted by molar-refractivity contribution is 7.09. The summed E-state index contributed by atoms with van der Waals surface area (Å²) in [6.07, 6.45) is -3.36. The Bertz CT molecular complexity index is 803. The molecule has 2 aromatic rings. The van der Waals surface area contributed by atoms with Crippen molar-refractivity contribution >= 4 is 17.2 Å². The number of carbonyl (C=O) groups excluding carboxylic acids is 1. The van der Waals surface area contributed by atoms with Crippen LogP contribution in [0.25, 0.3) is 0 Å². The van der Waals surface area contributed by atoms with E-state index in [0.29, 0.717) is 17.0 Å². The van der Waals surface area contributed by atoms with E-state index in [0.717, 1.165) is 24.8 Å². The molecule has 4 nitrogen and oxygen atoms in total. The monoisotopic (exact) mass is 398 g/mol. The third-order valence-corrected chi connectivity index (χ3v) is 6.29. The van der Waals surface area contributed by atoms with E-state index in [2.05, 4.69) is 10.3 Å². The average Bonchev–Trinajstić information content (AvgIpc) is 3.01. The molecule has 1 heterocycles. The summed E-state index contributed by atoms with van der Waals surface area (Å²) in [5, 5.41) is 13.8. The van der Waals surface area contributed by atoms with Crippen LogP contribution in [0.4, 0.5) is 13.2 Å². The van der Waals surface area contributed by atoms with Gasteiger partial charge in [0.2, 0.25) is 11.5 Å². The van der Waals surface area contributed by atoms with Crippen molar-refractivity contribution < 1.29 is 23.1 Å². The Morgan fingerprint density at radius 2 is 1.96 bits per heavy atom. The van der Waals surface area contributed by atoms with E-state index < -0.39 is 29.1 Å². The van der Waals surface area contributed by atoms with Crippen molar-refractivity contribution in [3.05, 3.63) is 52.0 Å². The Morgan fingerprint density at radius 1 is 1.30 bits per heavy atom. The Kier molecular flexibility index (Phi) is 5.31. The minimum atomic E-state index is -5.00. The van der Waals surface area contributed by atoms with Crippen LogP contribution in [-0.4, -0.2) is 28.7 Å². The number of aliphatic hydroxyl groups is 1. The van der Waals surface area contributed by atoms with Crippen molar-refractivity contribution in [2.45, 2.75) is 49.8 Å². The standard InChI is InChI=1S/C19H21F3N2O2S/c1-13-11-27-16(24-13)18(26,19(20,21)22)10-15(25)23-12-17(8-5-9-17)14-6-3-2-4-7-14/h2-4,6-7,11,26H,5,8-10,12H2,1H3,(H,23,25). The molecule has 1 fully saturated rings. The van der Waals surface area contributed by atoms with Gasteiger partial charge >= 0.3 is 6.18 Å². The maximum Gasteiger partial charge on any atom is 0.424 e. The molecule has 1 aliphatic rings.